The monoisotopic (exact) mass is 350 g/mol. The van der Waals surface area contributed by atoms with Gasteiger partial charge < -0.3 is 10.6 Å². The molecule has 0 bridgehead atoms. The molecule has 0 fully saturated rings. The van der Waals surface area contributed by atoms with Gasteiger partial charge in [0, 0.05) is 35.2 Å². The third-order valence-corrected chi connectivity index (χ3v) is 4.00. The SMILES string of the molecule is Cc1ccc(Cl)cc1NCCC(=O)NCCc1ccc(Cl)cc1. The number of rotatable bonds is 7. The molecule has 0 spiro atoms. The normalized spacial score (nSPS) is 10.4. The number of halogens is 2. The molecular weight excluding hydrogens is 331 g/mol. The molecule has 0 radical (unpaired) electrons. The van der Waals surface area contributed by atoms with Gasteiger partial charge in [-0.3, -0.25) is 4.79 Å². The fourth-order valence-electron chi connectivity index (χ4n) is 2.18. The number of benzene rings is 2. The van der Waals surface area contributed by atoms with E-state index < -0.39 is 0 Å². The van der Waals surface area contributed by atoms with Crippen molar-refractivity contribution in [3.63, 3.8) is 0 Å². The first kappa shape index (κ1) is 17.6. The predicted octanol–water partition coefficient (Wildman–Crippen LogP) is 4.46. The topological polar surface area (TPSA) is 41.1 Å². The molecule has 1 amide bonds. The molecule has 0 unspecified atom stereocenters. The van der Waals surface area contributed by atoms with Gasteiger partial charge in [0.2, 0.25) is 5.91 Å². The molecule has 2 aromatic rings. The van der Waals surface area contributed by atoms with Crippen LogP contribution < -0.4 is 10.6 Å². The Hall–Kier alpha value is -1.71. The largest absolute Gasteiger partial charge is 0.384 e. The van der Waals surface area contributed by atoms with Crippen LogP contribution in [0.15, 0.2) is 42.5 Å². The first-order valence-corrected chi connectivity index (χ1v) is 8.31. The van der Waals surface area contributed by atoms with Crippen LogP contribution in [0.5, 0.6) is 0 Å². The standard InChI is InChI=1S/C18H20Cl2N2O/c1-13-2-5-16(20)12-17(13)21-11-9-18(23)22-10-8-14-3-6-15(19)7-4-14/h2-7,12,21H,8-11H2,1H3,(H,22,23). The molecule has 0 aliphatic heterocycles. The summed E-state index contributed by atoms with van der Waals surface area (Å²) in [5.41, 5.74) is 3.23. The maximum Gasteiger partial charge on any atom is 0.221 e. The van der Waals surface area contributed by atoms with Crippen LogP contribution >= 0.6 is 23.2 Å². The van der Waals surface area contributed by atoms with E-state index in [1.165, 1.54) is 0 Å². The minimum Gasteiger partial charge on any atom is -0.384 e. The summed E-state index contributed by atoms with van der Waals surface area (Å²) in [6.07, 6.45) is 1.22. The third kappa shape index (κ3) is 6.12. The number of nitrogens with one attached hydrogen (secondary N) is 2. The maximum absolute atomic E-state index is 11.8. The van der Waals surface area contributed by atoms with Crippen molar-refractivity contribution in [2.24, 2.45) is 0 Å². The van der Waals surface area contributed by atoms with E-state index in [0.29, 0.717) is 24.5 Å². The van der Waals surface area contributed by atoms with Crippen molar-refractivity contribution >= 4 is 34.8 Å². The molecule has 2 N–H and O–H groups in total. The molecule has 5 heteroatoms. The van der Waals surface area contributed by atoms with E-state index >= 15 is 0 Å². The summed E-state index contributed by atoms with van der Waals surface area (Å²) in [6, 6.07) is 13.3. The zero-order valence-corrected chi connectivity index (χ0v) is 14.5. The van der Waals surface area contributed by atoms with E-state index in [9.17, 15) is 4.79 Å². The van der Waals surface area contributed by atoms with Crippen LogP contribution in [-0.2, 0) is 11.2 Å². The molecule has 0 aromatic heterocycles. The fourth-order valence-corrected chi connectivity index (χ4v) is 2.48. The van der Waals surface area contributed by atoms with Gasteiger partial charge in [0.25, 0.3) is 0 Å². The van der Waals surface area contributed by atoms with E-state index in [1.807, 2.05) is 49.4 Å². The lowest BCUT2D eigenvalue weighted by atomic mass is 10.1. The Morgan fingerprint density at radius 1 is 1.00 bits per heavy atom. The molecule has 0 heterocycles. The molecule has 0 saturated heterocycles. The molecule has 0 aliphatic carbocycles. The summed E-state index contributed by atoms with van der Waals surface area (Å²) in [7, 11) is 0. The van der Waals surface area contributed by atoms with Crippen molar-refractivity contribution < 1.29 is 4.79 Å². The van der Waals surface area contributed by atoms with E-state index in [4.69, 9.17) is 23.2 Å². The first-order valence-electron chi connectivity index (χ1n) is 7.56. The zero-order valence-electron chi connectivity index (χ0n) is 13.0. The van der Waals surface area contributed by atoms with Crippen LogP contribution in [0.2, 0.25) is 10.0 Å². The molecule has 0 atom stereocenters. The highest BCUT2D eigenvalue weighted by atomic mass is 35.5. The van der Waals surface area contributed by atoms with Crippen molar-refractivity contribution in [2.75, 3.05) is 18.4 Å². The Morgan fingerprint density at radius 2 is 1.70 bits per heavy atom. The van der Waals surface area contributed by atoms with Crippen LogP contribution in [0.25, 0.3) is 0 Å². The number of aryl methyl sites for hydroxylation is 1. The van der Waals surface area contributed by atoms with Crippen molar-refractivity contribution in [3.05, 3.63) is 63.6 Å². The molecular formula is C18H20Cl2N2O. The Labute approximate surface area is 147 Å². The molecule has 0 aliphatic rings. The minimum absolute atomic E-state index is 0.0335. The van der Waals surface area contributed by atoms with Crippen molar-refractivity contribution in [2.45, 2.75) is 19.8 Å². The summed E-state index contributed by atoms with van der Waals surface area (Å²) in [5, 5.41) is 7.57. The van der Waals surface area contributed by atoms with Crippen LogP contribution in [-0.4, -0.2) is 19.0 Å². The van der Waals surface area contributed by atoms with E-state index in [-0.39, 0.29) is 5.91 Å². The summed E-state index contributed by atoms with van der Waals surface area (Å²) in [5.74, 6) is 0.0335. The number of carbonyl (C=O) groups excluding carboxylic acids is 1. The number of carbonyl (C=O) groups is 1. The highest BCUT2D eigenvalue weighted by molar-refractivity contribution is 6.31. The highest BCUT2D eigenvalue weighted by Gasteiger charge is 2.03. The van der Waals surface area contributed by atoms with Crippen molar-refractivity contribution in [1.29, 1.82) is 0 Å². The number of hydrogen-bond donors (Lipinski definition) is 2. The second-order valence-electron chi connectivity index (χ2n) is 5.36. The fraction of sp³-hybridized carbons (Fsp3) is 0.278. The Morgan fingerprint density at radius 3 is 2.43 bits per heavy atom. The average molecular weight is 351 g/mol. The molecule has 2 aromatic carbocycles. The van der Waals surface area contributed by atoms with Gasteiger partial charge in [-0.2, -0.15) is 0 Å². The quantitative estimate of drug-likeness (QED) is 0.773. The Bertz CT molecular complexity index is 657. The second-order valence-corrected chi connectivity index (χ2v) is 6.24. The highest BCUT2D eigenvalue weighted by Crippen LogP contribution is 2.19. The number of anilines is 1. The van der Waals surface area contributed by atoms with Crippen LogP contribution in [0.1, 0.15) is 17.5 Å². The third-order valence-electron chi connectivity index (χ3n) is 3.52. The summed E-state index contributed by atoms with van der Waals surface area (Å²) in [6.45, 7) is 3.20. The summed E-state index contributed by atoms with van der Waals surface area (Å²) < 4.78 is 0. The van der Waals surface area contributed by atoms with Crippen LogP contribution in [0.3, 0.4) is 0 Å². The lowest BCUT2D eigenvalue weighted by molar-refractivity contribution is -0.120. The molecule has 0 saturated carbocycles. The lowest BCUT2D eigenvalue weighted by Gasteiger charge is -2.10. The predicted molar refractivity (Wildman–Crippen MR) is 97.5 cm³/mol. The Balaban J connectivity index is 1.67. The van der Waals surface area contributed by atoms with Crippen molar-refractivity contribution in [3.8, 4) is 0 Å². The molecule has 2 rings (SSSR count). The summed E-state index contributed by atoms with van der Waals surface area (Å²) in [4.78, 5) is 11.8. The van der Waals surface area contributed by atoms with E-state index in [2.05, 4.69) is 10.6 Å². The number of amides is 1. The van der Waals surface area contributed by atoms with Gasteiger partial charge in [-0.15, -0.1) is 0 Å². The molecule has 23 heavy (non-hydrogen) atoms. The summed E-state index contributed by atoms with van der Waals surface area (Å²) >= 11 is 11.8. The lowest BCUT2D eigenvalue weighted by Crippen LogP contribution is -2.27. The van der Waals surface area contributed by atoms with Gasteiger partial charge in [-0.05, 0) is 48.7 Å². The average Bonchev–Trinajstić information content (AvgIpc) is 2.53. The number of hydrogen-bond acceptors (Lipinski definition) is 2. The first-order chi connectivity index (χ1) is 11.0. The maximum atomic E-state index is 11.8. The minimum atomic E-state index is 0.0335. The van der Waals surface area contributed by atoms with Gasteiger partial charge in [0.15, 0.2) is 0 Å². The smallest absolute Gasteiger partial charge is 0.221 e. The van der Waals surface area contributed by atoms with E-state index in [0.717, 1.165) is 28.3 Å². The van der Waals surface area contributed by atoms with Crippen LogP contribution in [0, 0.1) is 6.92 Å². The van der Waals surface area contributed by atoms with Crippen LogP contribution in [0.4, 0.5) is 5.69 Å². The van der Waals surface area contributed by atoms with Gasteiger partial charge >= 0.3 is 0 Å². The van der Waals surface area contributed by atoms with Gasteiger partial charge in [-0.1, -0.05) is 41.4 Å². The molecule has 3 nitrogen and oxygen atoms in total. The molecule has 122 valence electrons. The van der Waals surface area contributed by atoms with Gasteiger partial charge in [-0.25, -0.2) is 0 Å². The van der Waals surface area contributed by atoms with E-state index in [1.54, 1.807) is 0 Å². The van der Waals surface area contributed by atoms with Gasteiger partial charge in [0.1, 0.15) is 0 Å². The second kappa shape index (κ2) is 8.80. The van der Waals surface area contributed by atoms with Crippen molar-refractivity contribution in [1.82, 2.24) is 5.32 Å². The van der Waals surface area contributed by atoms with Gasteiger partial charge in [0.05, 0.1) is 0 Å². The zero-order chi connectivity index (χ0) is 16.7. The Kier molecular flexibility index (Phi) is 6.75.